The lowest BCUT2D eigenvalue weighted by molar-refractivity contribution is 0.435. The molecule has 0 saturated heterocycles. The molecule has 7 heteroatoms. The van der Waals surface area contributed by atoms with Crippen LogP contribution in [-0.2, 0) is 6.42 Å². The van der Waals surface area contributed by atoms with Crippen molar-refractivity contribution in [2.45, 2.75) is 31.2 Å². The predicted molar refractivity (Wildman–Crippen MR) is 94.0 cm³/mol. The quantitative estimate of drug-likeness (QED) is 0.610. The molecule has 1 aromatic carbocycles. The van der Waals surface area contributed by atoms with Crippen LogP contribution in [0.25, 0.3) is 11.0 Å². The molecule has 0 radical (unpaired) electrons. The number of furan rings is 1. The molecule has 3 aromatic heterocycles. The van der Waals surface area contributed by atoms with Crippen LogP contribution < -0.4 is 4.90 Å². The van der Waals surface area contributed by atoms with E-state index < -0.39 is 0 Å². The minimum Gasteiger partial charge on any atom is -0.458 e. The molecule has 0 bridgehead atoms. The number of fused-ring (bicyclic) bond motifs is 2. The molecule has 4 aromatic rings. The molecule has 1 N–H and O–H groups in total. The van der Waals surface area contributed by atoms with Crippen molar-refractivity contribution in [3.05, 3.63) is 59.7 Å². The van der Waals surface area contributed by atoms with Gasteiger partial charge in [0.15, 0.2) is 0 Å². The van der Waals surface area contributed by atoms with E-state index in [1.165, 1.54) is 0 Å². The third kappa shape index (κ3) is 2.09. The lowest BCUT2D eigenvalue weighted by atomic mass is 10.0. The lowest BCUT2D eigenvalue weighted by Crippen LogP contribution is -2.36. The Morgan fingerprint density at radius 1 is 1.12 bits per heavy atom. The molecule has 0 spiro atoms. The van der Waals surface area contributed by atoms with Crippen LogP contribution >= 0.6 is 0 Å². The van der Waals surface area contributed by atoms with Crippen molar-refractivity contribution in [1.82, 2.24) is 20.2 Å². The van der Waals surface area contributed by atoms with Gasteiger partial charge in [0.25, 0.3) is 0 Å². The molecular formula is C19H17N5O2. The predicted octanol–water partition coefficient (Wildman–Crippen LogP) is 3.57. The van der Waals surface area contributed by atoms with Crippen LogP contribution in [0.15, 0.2) is 45.5 Å². The van der Waals surface area contributed by atoms with Crippen molar-refractivity contribution in [1.29, 1.82) is 0 Å². The van der Waals surface area contributed by atoms with Crippen LogP contribution in [0.2, 0.25) is 0 Å². The van der Waals surface area contributed by atoms with Gasteiger partial charge in [0.1, 0.15) is 17.4 Å². The van der Waals surface area contributed by atoms with Gasteiger partial charge in [0.2, 0.25) is 5.89 Å². The number of aromatic amines is 1. The van der Waals surface area contributed by atoms with Crippen molar-refractivity contribution in [2.24, 2.45) is 0 Å². The van der Waals surface area contributed by atoms with Crippen molar-refractivity contribution < 1.29 is 8.83 Å². The molecule has 1 fully saturated rings. The Hall–Kier alpha value is -3.09. The molecule has 1 saturated carbocycles. The summed E-state index contributed by atoms with van der Waals surface area (Å²) in [5, 5.41) is 9.65. The van der Waals surface area contributed by atoms with Gasteiger partial charge in [-0.15, -0.1) is 5.10 Å². The maximum absolute atomic E-state index is 6.17. The van der Waals surface area contributed by atoms with Crippen LogP contribution in [0.1, 0.15) is 47.8 Å². The third-order valence-corrected chi connectivity index (χ3v) is 5.24. The van der Waals surface area contributed by atoms with E-state index in [1.807, 2.05) is 18.2 Å². The average molecular weight is 347 g/mol. The number of nitrogens with zero attached hydrogens (tertiary/aromatic N) is 4. The zero-order valence-corrected chi connectivity index (χ0v) is 14.1. The smallest absolute Gasteiger partial charge is 0.319 e. The molecule has 0 unspecified atom stereocenters. The van der Waals surface area contributed by atoms with E-state index in [4.69, 9.17) is 8.83 Å². The number of H-pyrrole nitrogens is 1. The van der Waals surface area contributed by atoms with E-state index in [1.54, 1.807) is 6.33 Å². The summed E-state index contributed by atoms with van der Waals surface area (Å²) in [6.45, 7) is 0.767. The van der Waals surface area contributed by atoms with E-state index >= 15 is 0 Å². The summed E-state index contributed by atoms with van der Waals surface area (Å²) in [7, 11) is 0. The number of hydrogen-bond donors (Lipinski definition) is 1. The Morgan fingerprint density at radius 3 is 2.92 bits per heavy atom. The minimum atomic E-state index is -0.176. The summed E-state index contributed by atoms with van der Waals surface area (Å²) in [6.07, 6.45) is 4.87. The average Bonchev–Trinajstić information content (AvgIpc) is 3.10. The van der Waals surface area contributed by atoms with Crippen LogP contribution in [-0.4, -0.2) is 26.7 Å². The summed E-state index contributed by atoms with van der Waals surface area (Å²) < 4.78 is 12.2. The van der Waals surface area contributed by atoms with E-state index in [0.717, 1.165) is 59.8 Å². The first kappa shape index (κ1) is 14.1. The fraction of sp³-hybridized carbons (Fsp3) is 0.316. The van der Waals surface area contributed by atoms with Gasteiger partial charge in [-0.1, -0.05) is 23.3 Å². The topological polar surface area (TPSA) is 84.0 Å². The van der Waals surface area contributed by atoms with Crippen LogP contribution in [0.5, 0.6) is 0 Å². The third-order valence-electron chi connectivity index (χ3n) is 5.24. The van der Waals surface area contributed by atoms with Crippen LogP contribution in [0.3, 0.4) is 0 Å². The van der Waals surface area contributed by atoms with Gasteiger partial charge in [-0.05, 0) is 25.0 Å². The number of anilines is 1. The molecule has 1 atom stereocenters. The van der Waals surface area contributed by atoms with Gasteiger partial charge < -0.3 is 18.7 Å². The highest BCUT2D eigenvalue weighted by atomic mass is 16.4. The fourth-order valence-electron chi connectivity index (χ4n) is 3.75. The summed E-state index contributed by atoms with van der Waals surface area (Å²) in [4.78, 5) is 9.93. The highest BCUT2D eigenvalue weighted by Crippen LogP contribution is 2.42. The molecule has 130 valence electrons. The number of imidazole rings is 1. The normalized spacial score (nSPS) is 19.8. The molecule has 2 aliphatic rings. The van der Waals surface area contributed by atoms with Crippen molar-refractivity contribution in [2.75, 3.05) is 11.4 Å². The second-order valence-corrected chi connectivity index (χ2v) is 7.00. The molecule has 0 amide bonds. The standard InChI is InChI=1S/C19H17N5O2/c1-2-4-14-12(3-1)9-15(25-14)17-16-13(20-10-21-16)7-8-24(17)19-23-22-18(26-19)11-5-6-11/h1-4,9-11,17H,5-8H2,(H,20,21)/t17-/m0/s1. The van der Waals surface area contributed by atoms with Gasteiger partial charge in [-0.2, -0.15) is 0 Å². The molecule has 1 aliphatic carbocycles. The van der Waals surface area contributed by atoms with Crippen LogP contribution in [0.4, 0.5) is 6.01 Å². The second-order valence-electron chi connectivity index (χ2n) is 7.00. The van der Waals surface area contributed by atoms with E-state index in [0.29, 0.717) is 11.9 Å². The van der Waals surface area contributed by atoms with Crippen LogP contribution in [0, 0.1) is 0 Å². The fourth-order valence-corrected chi connectivity index (χ4v) is 3.75. The monoisotopic (exact) mass is 347 g/mol. The van der Waals surface area contributed by atoms with Gasteiger partial charge >= 0.3 is 6.01 Å². The highest BCUT2D eigenvalue weighted by molar-refractivity contribution is 5.78. The molecule has 1 aliphatic heterocycles. The maximum Gasteiger partial charge on any atom is 0.319 e. The molecule has 6 rings (SSSR count). The zero-order valence-electron chi connectivity index (χ0n) is 14.1. The summed E-state index contributed by atoms with van der Waals surface area (Å²) in [5.41, 5.74) is 2.96. The van der Waals surface area contributed by atoms with Gasteiger partial charge in [-0.25, -0.2) is 4.98 Å². The SMILES string of the molecule is c1ccc2oc([C@H]3c4nc[nH]c4CCN3c3nnc(C4CC4)o3)cc2c1. The first-order chi connectivity index (χ1) is 12.9. The van der Waals surface area contributed by atoms with Gasteiger partial charge in [0.05, 0.1) is 12.0 Å². The molecule has 26 heavy (non-hydrogen) atoms. The first-order valence-electron chi connectivity index (χ1n) is 8.97. The van der Waals surface area contributed by atoms with E-state index in [2.05, 4.69) is 37.2 Å². The second kappa shape index (κ2) is 5.20. The number of hydrogen-bond acceptors (Lipinski definition) is 6. The Labute approximate surface area is 149 Å². The Kier molecular flexibility index (Phi) is 2.83. The largest absolute Gasteiger partial charge is 0.458 e. The number of nitrogens with one attached hydrogen (secondary N) is 1. The Balaban J connectivity index is 1.48. The maximum atomic E-state index is 6.17. The minimum absolute atomic E-state index is 0.176. The van der Waals surface area contributed by atoms with Crippen molar-refractivity contribution >= 4 is 17.0 Å². The van der Waals surface area contributed by atoms with Gasteiger partial charge in [0, 0.05) is 30.0 Å². The summed E-state index contributed by atoms with van der Waals surface area (Å²) in [5.74, 6) is 2.02. The van der Waals surface area contributed by atoms with Crippen molar-refractivity contribution in [3.63, 3.8) is 0 Å². The van der Waals surface area contributed by atoms with E-state index in [-0.39, 0.29) is 6.04 Å². The van der Waals surface area contributed by atoms with Gasteiger partial charge in [-0.3, -0.25) is 0 Å². The lowest BCUT2D eigenvalue weighted by Gasteiger charge is -2.32. The number of aromatic nitrogens is 4. The first-order valence-corrected chi connectivity index (χ1v) is 8.97. The molecule has 7 nitrogen and oxygen atoms in total. The number of para-hydroxylation sites is 1. The number of benzene rings is 1. The van der Waals surface area contributed by atoms with E-state index in [9.17, 15) is 0 Å². The number of rotatable bonds is 3. The highest BCUT2D eigenvalue weighted by Gasteiger charge is 2.37. The van der Waals surface area contributed by atoms with Crippen molar-refractivity contribution in [3.8, 4) is 0 Å². The molecule has 4 heterocycles. The Morgan fingerprint density at radius 2 is 2.04 bits per heavy atom. The molecular weight excluding hydrogens is 330 g/mol. The zero-order chi connectivity index (χ0) is 17.1. The summed E-state index contributed by atoms with van der Waals surface area (Å²) in [6, 6.07) is 10.5. The Bertz CT molecular complexity index is 1060. The summed E-state index contributed by atoms with van der Waals surface area (Å²) >= 11 is 0.